The Bertz CT molecular complexity index is 633. The van der Waals surface area contributed by atoms with E-state index in [9.17, 15) is 15.3 Å². The standard InChI is InChI=1S/C15H16O4/c1-8-4-10(14(17)12(16)6-8)11-5-9(2)7-13(19-3)15(11)18/h4-7,16-18H,1-3H3. The Morgan fingerprint density at radius 3 is 1.89 bits per heavy atom. The van der Waals surface area contributed by atoms with Crippen molar-refractivity contribution in [1.29, 1.82) is 0 Å². The second kappa shape index (κ2) is 4.72. The second-order valence-corrected chi connectivity index (χ2v) is 4.54. The number of aryl methyl sites for hydroxylation is 2. The van der Waals surface area contributed by atoms with Crippen LogP contribution >= 0.6 is 0 Å². The van der Waals surface area contributed by atoms with Crippen molar-refractivity contribution >= 4 is 0 Å². The zero-order valence-corrected chi connectivity index (χ0v) is 11.1. The van der Waals surface area contributed by atoms with Crippen LogP contribution in [0.2, 0.25) is 0 Å². The van der Waals surface area contributed by atoms with Gasteiger partial charge in [-0.3, -0.25) is 0 Å². The van der Waals surface area contributed by atoms with E-state index in [2.05, 4.69) is 0 Å². The molecule has 0 amide bonds. The molecule has 0 spiro atoms. The van der Waals surface area contributed by atoms with E-state index in [1.165, 1.54) is 13.2 Å². The molecule has 0 aliphatic carbocycles. The lowest BCUT2D eigenvalue weighted by atomic mass is 9.98. The van der Waals surface area contributed by atoms with Gasteiger partial charge in [0, 0.05) is 11.1 Å². The molecule has 0 bridgehead atoms. The van der Waals surface area contributed by atoms with Crippen LogP contribution in [0.15, 0.2) is 24.3 Å². The molecule has 2 rings (SSSR count). The number of ether oxygens (including phenoxy) is 1. The number of phenols is 3. The lowest BCUT2D eigenvalue weighted by Crippen LogP contribution is -1.90. The number of rotatable bonds is 2. The van der Waals surface area contributed by atoms with Crippen molar-refractivity contribution in [2.24, 2.45) is 0 Å². The normalized spacial score (nSPS) is 10.5. The Balaban J connectivity index is 2.75. The highest BCUT2D eigenvalue weighted by atomic mass is 16.5. The SMILES string of the molecule is COc1cc(C)cc(-c2cc(C)cc(O)c2O)c1O. The summed E-state index contributed by atoms with van der Waals surface area (Å²) in [5.74, 6) is -0.202. The van der Waals surface area contributed by atoms with Gasteiger partial charge in [0.15, 0.2) is 23.0 Å². The molecule has 0 radical (unpaired) electrons. The molecule has 4 nitrogen and oxygen atoms in total. The van der Waals surface area contributed by atoms with Gasteiger partial charge in [-0.15, -0.1) is 0 Å². The van der Waals surface area contributed by atoms with Crippen LogP contribution in [-0.4, -0.2) is 22.4 Å². The number of aromatic hydroxyl groups is 3. The molecule has 0 fully saturated rings. The minimum absolute atomic E-state index is 0.0617. The van der Waals surface area contributed by atoms with Crippen molar-refractivity contribution in [2.75, 3.05) is 7.11 Å². The molecule has 0 aliphatic heterocycles. The van der Waals surface area contributed by atoms with Crippen LogP contribution < -0.4 is 4.74 Å². The van der Waals surface area contributed by atoms with Crippen molar-refractivity contribution < 1.29 is 20.1 Å². The van der Waals surface area contributed by atoms with Gasteiger partial charge in [-0.1, -0.05) is 0 Å². The van der Waals surface area contributed by atoms with E-state index in [1.54, 1.807) is 25.1 Å². The number of hydrogen-bond donors (Lipinski definition) is 3. The maximum absolute atomic E-state index is 10.2. The minimum atomic E-state index is -0.256. The number of phenolic OH excluding ortho intramolecular Hbond substituents is 3. The zero-order valence-electron chi connectivity index (χ0n) is 11.1. The lowest BCUT2D eigenvalue weighted by molar-refractivity contribution is 0.373. The lowest BCUT2D eigenvalue weighted by Gasteiger charge is -2.13. The van der Waals surface area contributed by atoms with Crippen LogP contribution in [-0.2, 0) is 0 Å². The monoisotopic (exact) mass is 260 g/mol. The predicted molar refractivity (Wildman–Crippen MR) is 72.9 cm³/mol. The molecule has 100 valence electrons. The number of hydrogen-bond acceptors (Lipinski definition) is 4. The average Bonchev–Trinajstić information content (AvgIpc) is 2.36. The number of benzene rings is 2. The van der Waals surface area contributed by atoms with Gasteiger partial charge < -0.3 is 20.1 Å². The van der Waals surface area contributed by atoms with E-state index in [1.807, 2.05) is 6.92 Å². The molecule has 0 aromatic heterocycles. The Morgan fingerprint density at radius 1 is 0.789 bits per heavy atom. The molecule has 0 saturated carbocycles. The Kier molecular flexibility index (Phi) is 3.25. The van der Waals surface area contributed by atoms with Gasteiger partial charge in [0.25, 0.3) is 0 Å². The quantitative estimate of drug-likeness (QED) is 0.726. The van der Waals surface area contributed by atoms with E-state index in [0.29, 0.717) is 16.9 Å². The maximum atomic E-state index is 10.2. The molecule has 0 saturated heterocycles. The highest BCUT2D eigenvalue weighted by molar-refractivity contribution is 5.80. The summed E-state index contributed by atoms with van der Waals surface area (Å²) in [5.41, 5.74) is 2.46. The molecule has 0 heterocycles. The van der Waals surface area contributed by atoms with E-state index in [0.717, 1.165) is 11.1 Å². The summed E-state index contributed by atoms with van der Waals surface area (Å²) in [4.78, 5) is 0. The van der Waals surface area contributed by atoms with Crippen molar-refractivity contribution in [1.82, 2.24) is 0 Å². The molecule has 3 N–H and O–H groups in total. The van der Waals surface area contributed by atoms with Gasteiger partial charge in [-0.2, -0.15) is 0 Å². The second-order valence-electron chi connectivity index (χ2n) is 4.54. The fourth-order valence-electron chi connectivity index (χ4n) is 2.07. The van der Waals surface area contributed by atoms with Crippen LogP contribution in [0, 0.1) is 13.8 Å². The van der Waals surface area contributed by atoms with Crippen molar-refractivity contribution in [3.8, 4) is 34.1 Å². The molecular weight excluding hydrogens is 244 g/mol. The van der Waals surface area contributed by atoms with Gasteiger partial charge >= 0.3 is 0 Å². The highest BCUT2D eigenvalue weighted by Crippen LogP contribution is 2.44. The van der Waals surface area contributed by atoms with Gasteiger partial charge in [0.1, 0.15) is 0 Å². The molecule has 4 heteroatoms. The summed E-state index contributed by atoms with van der Waals surface area (Å²) >= 11 is 0. The predicted octanol–water partition coefficient (Wildman–Crippen LogP) is 3.10. The summed E-state index contributed by atoms with van der Waals surface area (Å²) in [6.07, 6.45) is 0. The van der Waals surface area contributed by atoms with Gasteiger partial charge in [0.2, 0.25) is 0 Å². The smallest absolute Gasteiger partial charge is 0.165 e. The van der Waals surface area contributed by atoms with Crippen LogP contribution in [0.5, 0.6) is 23.0 Å². The fourth-order valence-corrected chi connectivity index (χ4v) is 2.07. The van der Waals surface area contributed by atoms with Crippen molar-refractivity contribution in [3.63, 3.8) is 0 Å². The van der Waals surface area contributed by atoms with Gasteiger partial charge in [-0.25, -0.2) is 0 Å². The fraction of sp³-hybridized carbons (Fsp3) is 0.200. The topological polar surface area (TPSA) is 69.9 Å². The average molecular weight is 260 g/mol. The van der Waals surface area contributed by atoms with Crippen LogP contribution in [0.25, 0.3) is 11.1 Å². The Labute approximate surface area is 111 Å². The third kappa shape index (κ3) is 2.29. The minimum Gasteiger partial charge on any atom is -0.504 e. The number of methoxy groups -OCH3 is 1. The van der Waals surface area contributed by atoms with E-state index >= 15 is 0 Å². The van der Waals surface area contributed by atoms with Crippen LogP contribution in [0.4, 0.5) is 0 Å². The van der Waals surface area contributed by atoms with E-state index < -0.39 is 0 Å². The molecule has 2 aromatic carbocycles. The first-order chi connectivity index (χ1) is 8.93. The molecule has 2 aromatic rings. The summed E-state index contributed by atoms with van der Waals surface area (Å²) in [5, 5.41) is 29.8. The zero-order chi connectivity index (χ0) is 14.2. The molecule has 0 atom stereocenters. The van der Waals surface area contributed by atoms with Crippen molar-refractivity contribution in [3.05, 3.63) is 35.4 Å². The first kappa shape index (κ1) is 13.1. The Hall–Kier alpha value is -2.36. The van der Waals surface area contributed by atoms with Gasteiger partial charge in [0.05, 0.1) is 7.11 Å². The summed E-state index contributed by atoms with van der Waals surface area (Å²) in [6.45, 7) is 3.66. The summed E-state index contributed by atoms with van der Waals surface area (Å²) < 4.78 is 5.09. The van der Waals surface area contributed by atoms with Crippen LogP contribution in [0.1, 0.15) is 11.1 Å². The molecule has 19 heavy (non-hydrogen) atoms. The largest absolute Gasteiger partial charge is 0.504 e. The summed E-state index contributed by atoms with van der Waals surface area (Å²) in [6, 6.07) is 6.59. The van der Waals surface area contributed by atoms with Gasteiger partial charge in [-0.05, 0) is 49.2 Å². The third-order valence-corrected chi connectivity index (χ3v) is 2.96. The Morgan fingerprint density at radius 2 is 1.32 bits per heavy atom. The first-order valence-corrected chi connectivity index (χ1v) is 5.84. The third-order valence-electron chi connectivity index (χ3n) is 2.96. The van der Waals surface area contributed by atoms with Crippen molar-refractivity contribution in [2.45, 2.75) is 13.8 Å². The molecular formula is C15H16O4. The maximum Gasteiger partial charge on any atom is 0.165 e. The first-order valence-electron chi connectivity index (χ1n) is 5.84. The highest BCUT2D eigenvalue weighted by Gasteiger charge is 2.16. The van der Waals surface area contributed by atoms with Crippen LogP contribution in [0.3, 0.4) is 0 Å². The van der Waals surface area contributed by atoms with E-state index in [-0.39, 0.29) is 17.2 Å². The summed E-state index contributed by atoms with van der Waals surface area (Å²) in [7, 11) is 1.46. The molecule has 0 unspecified atom stereocenters. The molecule has 0 aliphatic rings. The van der Waals surface area contributed by atoms with E-state index in [4.69, 9.17) is 4.74 Å².